The van der Waals surface area contributed by atoms with Crippen LogP contribution in [0.4, 0.5) is 5.82 Å². The van der Waals surface area contributed by atoms with Gasteiger partial charge in [-0.2, -0.15) is 16.7 Å². The number of hydrogen-bond donors (Lipinski definition) is 16. The lowest BCUT2D eigenvalue weighted by Crippen LogP contribution is -2.73. The zero-order valence-electron chi connectivity index (χ0n) is 35.8. The number of hydrogen-bond acceptors (Lipinski definition) is 28. The maximum Gasteiger partial charge on any atom is 0.475 e. The minimum atomic E-state index is -5.85. The van der Waals surface area contributed by atoms with Gasteiger partial charge in [0.05, 0.1) is 43.3 Å². The van der Waals surface area contributed by atoms with Crippen LogP contribution >= 0.6 is 31.3 Å². The quantitative estimate of drug-likeness (QED) is 0.0402. The van der Waals surface area contributed by atoms with Gasteiger partial charge in [0.2, 0.25) is 5.91 Å². The Hall–Kier alpha value is -2.29. The number of nitrogens with one attached hydrogen (secondary N) is 1. The molecule has 30 nitrogen and oxygen atoms in total. The van der Waals surface area contributed by atoms with Gasteiger partial charge in [-0.25, -0.2) is 18.7 Å². The first-order valence-electron chi connectivity index (χ1n) is 20.5. The summed E-state index contributed by atoms with van der Waals surface area (Å²) in [6.07, 6.45) is -31.3. The number of phosphoric acid groups is 1. The molecule has 0 bridgehead atoms. The molecule has 4 fully saturated rings. The number of nitrogens with two attached hydrogens (primary N) is 1. The van der Waals surface area contributed by atoms with E-state index in [0.717, 1.165) is 29.4 Å². The van der Waals surface area contributed by atoms with Gasteiger partial charge in [-0.3, -0.25) is 13.9 Å². The number of carboxylic acids is 1. The SMILES string of the molecule is CO[C@@H]1O[C@H](CO)[C@@H](O[C@@H]2O[C@H](CSCCS[C@@H]3[C@H](O)[C@@H](NC(C)=O)[C@H]([C@H](O)[C@H](O)CO)O[C@]3(OP(=O)(O)OC[C@H]3O[C@@H](n4ccc(N)nc4=O)[C@H](O)[C@@H]3O)C(=O)O)[C@H](O)[C@H](O)[C@H]2O)[C@H](O)[C@H]1O. The second-order valence-corrected chi connectivity index (χ2v) is 19.7. The fourth-order valence-electron chi connectivity index (χ4n) is 7.71. The van der Waals surface area contributed by atoms with Crippen LogP contribution < -0.4 is 16.7 Å². The Morgan fingerprint density at radius 3 is 2.18 bits per heavy atom. The number of amides is 1. The summed E-state index contributed by atoms with van der Waals surface area (Å²) in [5, 5.41) is 138. The number of aliphatic carboxylic acids is 1. The number of methoxy groups -OCH3 is 1. The Balaban J connectivity index is 1.32. The Kier molecular flexibility index (Phi) is 19.9. The number of aliphatic hydroxyl groups is 12. The molecule has 1 aromatic rings. The number of nitrogens with zero attached hydrogens (tertiary/aromatic N) is 2. The number of rotatable bonds is 21. The molecular weight excluding hydrogens is 987 g/mol. The summed E-state index contributed by atoms with van der Waals surface area (Å²) in [4.78, 5) is 52.5. The predicted octanol–water partition coefficient (Wildman–Crippen LogP) is -8.55. The predicted molar refractivity (Wildman–Crippen MR) is 224 cm³/mol. The number of carbonyl (C=O) groups excluding carboxylic acids is 1. The van der Waals surface area contributed by atoms with Gasteiger partial charge in [0.1, 0.15) is 85.2 Å². The number of anilines is 1. The topological polar surface area (TPSA) is 481 Å². The van der Waals surface area contributed by atoms with Crippen molar-refractivity contribution in [2.24, 2.45) is 0 Å². The third kappa shape index (κ3) is 12.5. The zero-order chi connectivity index (χ0) is 50.6. The fourth-order valence-corrected chi connectivity index (χ4v) is 11.3. The van der Waals surface area contributed by atoms with Gasteiger partial charge in [0.15, 0.2) is 18.8 Å². The van der Waals surface area contributed by atoms with Crippen LogP contribution in [0.2, 0.25) is 0 Å². The average molecular weight is 1040 g/mol. The third-order valence-electron chi connectivity index (χ3n) is 11.2. The van der Waals surface area contributed by atoms with Crippen LogP contribution in [0.25, 0.3) is 0 Å². The minimum Gasteiger partial charge on any atom is -0.477 e. The number of thioether (sulfide) groups is 2. The van der Waals surface area contributed by atoms with E-state index in [2.05, 4.69) is 10.3 Å². The van der Waals surface area contributed by atoms with Crippen molar-refractivity contribution in [1.82, 2.24) is 14.9 Å². The van der Waals surface area contributed by atoms with Crippen LogP contribution in [-0.4, -0.2) is 258 Å². The summed E-state index contributed by atoms with van der Waals surface area (Å²) in [5.74, 6) is -7.39. The van der Waals surface area contributed by atoms with Crippen molar-refractivity contribution in [3.8, 4) is 0 Å². The molecule has 22 atom stereocenters. The Morgan fingerprint density at radius 2 is 1.57 bits per heavy atom. The van der Waals surface area contributed by atoms with Crippen LogP contribution in [0.1, 0.15) is 13.2 Å². The highest BCUT2D eigenvalue weighted by Gasteiger charge is 2.65. The third-order valence-corrected chi connectivity index (χ3v) is 14.9. The molecule has 5 heterocycles. The maximum atomic E-state index is 13.7. The molecule has 33 heteroatoms. The average Bonchev–Trinajstić information content (AvgIpc) is 3.57. The lowest BCUT2D eigenvalue weighted by molar-refractivity contribution is -0.353. The van der Waals surface area contributed by atoms with Gasteiger partial charge < -0.3 is 111 Å². The summed E-state index contributed by atoms with van der Waals surface area (Å²) >= 11 is 1.46. The normalized spacial score (nSPS) is 40.6. The standard InChI is InChI=1S/C35H57N4O26PS2/c1-11(42)37-17-21(47)29(68-6-5-67-10-15-20(46)22(48)25(51)32(62-15)63-27-13(8-41)61-31(58-2)26(52)23(27)49)35(33(53)54,64-28(17)18(44)12(43)7-40)65-66(56,57)59-9-14-19(45)24(50)30(60-14)39-4-3-16(36)38-34(39)55/h3-4,12-15,17-32,40-41,43-52H,5-10H2,1-2H3,(H,37,42)(H,53,54)(H,56,57)(H2,36,38,55)/t12-,13-,14-,15-,17-,18-,19-,20+,21-,22+,23-,24-,25-,26-,27-,28-,29-,30-,31-,32+,35-/m1/s1. The van der Waals surface area contributed by atoms with E-state index in [1.807, 2.05) is 0 Å². The summed E-state index contributed by atoms with van der Waals surface area (Å²) in [6.45, 7) is -2.10. The van der Waals surface area contributed by atoms with E-state index >= 15 is 0 Å². The molecule has 4 aliphatic heterocycles. The van der Waals surface area contributed by atoms with Crippen LogP contribution in [0, 0.1) is 0 Å². The second-order valence-electron chi connectivity index (χ2n) is 15.9. The van der Waals surface area contributed by atoms with Crippen molar-refractivity contribution in [2.45, 2.75) is 134 Å². The molecule has 0 spiro atoms. The first kappa shape index (κ1) is 56.6. The van der Waals surface area contributed by atoms with Crippen molar-refractivity contribution >= 4 is 49.0 Å². The van der Waals surface area contributed by atoms with E-state index in [1.165, 1.54) is 13.2 Å². The van der Waals surface area contributed by atoms with Gasteiger partial charge in [0, 0.05) is 37.5 Å². The van der Waals surface area contributed by atoms with Crippen molar-refractivity contribution in [3.63, 3.8) is 0 Å². The first-order chi connectivity index (χ1) is 31.9. The summed E-state index contributed by atoms with van der Waals surface area (Å²) in [5.41, 5.74) is 4.48. The van der Waals surface area contributed by atoms with Crippen LogP contribution in [0.15, 0.2) is 17.1 Å². The lowest BCUT2D eigenvalue weighted by Gasteiger charge is -2.50. The molecule has 1 amide bonds. The summed E-state index contributed by atoms with van der Waals surface area (Å²) < 4.78 is 57.4. The Bertz CT molecular complexity index is 1950. The van der Waals surface area contributed by atoms with E-state index in [-0.39, 0.29) is 23.1 Å². The molecule has 1 aromatic heterocycles. The zero-order valence-corrected chi connectivity index (χ0v) is 38.4. The van der Waals surface area contributed by atoms with Gasteiger partial charge in [-0.05, 0) is 6.07 Å². The van der Waals surface area contributed by atoms with E-state index in [9.17, 15) is 90.2 Å². The number of ether oxygens (including phenoxy) is 6. The van der Waals surface area contributed by atoms with Gasteiger partial charge >= 0.3 is 19.5 Å². The number of aromatic nitrogens is 2. The summed E-state index contributed by atoms with van der Waals surface area (Å²) in [6, 6.07) is -0.646. The smallest absolute Gasteiger partial charge is 0.475 e. The second kappa shape index (κ2) is 24.0. The van der Waals surface area contributed by atoms with Gasteiger partial charge in [-0.1, -0.05) is 0 Å². The highest BCUT2D eigenvalue weighted by Crippen LogP contribution is 2.53. The monoisotopic (exact) mass is 1040 g/mol. The molecule has 4 saturated heterocycles. The largest absolute Gasteiger partial charge is 0.477 e. The molecule has 1 unspecified atom stereocenters. The van der Waals surface area contributed by atoms with Crippen molar-refractivity contribution < 1.29 is 123 Å². The van der Waals surface area contributed by atoms with Crippen LogP contribution in [-0.2, 0) is 51.6 Å². The van der Waals surface area contributed by atoms with E-state index in [0.29, 0.717) is 11.8 Å². The number of aliphatic hydroxyl groups excluding tert-OH is 12. The van der Waals surface area contributed by atoms with Gasteiger partial charge in [0.25, 0.3) is 5.79 Å². The molecule has 390 valence electrons. The molecule has 0 saturated carbocycles. The number of carboxylic acid groups (broad SMARTS) is 1. The number of carbonyl (C=O) groups is 2. The molecule has 0 radical (unpaired) electrons. The van der Waals surface area contributed by atoms with Crippen molar-refractivity contribution in [2.75, 3.05) is 49.9 Å². The Labute approximate surface area is 393 Å². The highest BCUT2D eigenvalue weighted by atomic mass is 32.2. The number of phosphoric ester groups is 1. The molecule has 0 aromatic carbocycles. The first-order valence-corrected chi connectivity index (χ1v) is 24.2. The molecule has 17 N–H and O–H groups in total. The van der Waals surface area contributed by atoms with Crippen molar-refractivity contribution in [1.29, 1.82) is 0 Å². The minimum absolute atomic E-state index is 0.0763. The fraction of sp³-hybridized carbons (Fsp3) is 0.829. The molecule has 4 aliphatic rings. The number of nitrogen functional groups attached to an aromatic ring is 1. The molecule has 68 heavy (non-hydrogen) atoms. The molecule has 0 aliphatic carbocycles. The van der Waals surface area contributed by atoms with E-state index in [4.69, 9.17) is 43.2 Å². The molecular formula is C35H57N4O26PS2. The summed E-state index contributed by atoms with van der Waals surface area (Å²) in [7, 11) is -4.68. The van der Waals surface area contributed by atoms with Gasteiger partial charge in [-0.15, -0.1) is 11.8 Å². The van der Waals surface area contributed by atoms with Crippen LogP contribution in [0.3, 0.4) is 0 Å². The lowest BCUT2D eigenvalue weighted by atomic mass is 9.88. The van der Waals surface area contributed by atoms with Crippen molar-refractivity contribution in [3.05, 3.63) is 22.7 Å². The molecule has 5 rings (SSSR count). The highest BCUT2D eigenvalue weighted by molar-refractivity contribution is 8.03. The maximum absolute atomic E-state index is 13.7. The Morgan fingerprint density at radius 1 is 0.926 bits per heavy atom. The van der Waals surface area contributed by atoms with Crippen LogP contribution in [0.5, 0.6) is 0 Å². The van der Waals surface area contributed by atoms with E-state index < -0.39 is 173 Å². The van der Waals surface area contributed by atoms with E-state index in [1.54, 1.807) is 0 Å².